The van der Waals surface area contributed by atoms with Crippen LogP contribution in [0.25, 0.3) is 0 Å². The number of hydrogen-bond donors (Lipinski definition) is 2. The van der Waals surface area contributed by atoms with Crippen molar-refractivity contribution in [1.29, 1.82) is 0 Å². The number of aromatic nitrogens is 4. The van der Waals surface area contributed by atoms with Crippen molar-refractivity contribution in [2.45, 2.75) is 65.7 Å². The summed E-state index contributed by atoms with van der Waals surface area (Å²) in [4.78, 5) is 24.2. The Labute approximate surface area is 212 Å². The quantitative estimate of drug-likeness (QED) is 0.204. The molecule has 0 bridgehead atoms. The molecule has 2 aromatic heterocycles. The zero-order chi connectivity index (χ0) is 25.6. The highest BCUT2D eigenvalue weighted by atomic mass is 16.2. The minimum Gasteiger partial charge on any atom is -0.269 e. The molecule has 36 heavy (non-hydrogen) atoms. The molecule has 0 spiro atoms. The Hall–Kier alpha value is -4.08. The van der Waals surface area contributed by atoms with Crippen LogP contribution in [0, 0.1) is 0 Å². The van der Waals surface area contributed by atoms with Gasteiger partial charge in [-0.2, -0.15) is 10.2 Å². The van der Waals surface area contributed by atoms with Crippen molar-refractivity contribution in [3.05, 3.63) is 72.8 Å². The number of imidazole rings is 2. The van der Waals surface area contributed by atoms with Gasteiger partial charge in [-0.15, -0.1) is 0 Å². The van der Waals surface area contributed by atoms with Crippen molar-refractivity contribution in [3.8, 4) is 0 Å². The molecule has 0 aliphatic heterocycles. The lowest BCUT2D eigenvalue weighted by molar-refractivity contribution is -0.684. The molecule has 0 aliphatic carbocycles. The van der Waals surface area contributed by atoms with Gasteiger partial charge in [-0.3, -0.25) is 9.59 Å². The van der Waals surface area contributed by atoms with Crippen LogP contribution in [0.2, 0.25) is 0 Å². The summed E-state index contributed by atoms with van der Waals surface area (Å²) in [6, 6.07) is 7.43. The fourth-order valence-corrected chi connectivity index (χ4v) is 3.44. The Balaban J connectivity index is 1.38. The Bertz CT molecular complexity index is 1070. The number of amides is 2. The molecule has 0 atom stereocenters. The fraction of sp³-hybridized carbons (Fsp3) is 0.385. The van der Waals surface area contributed by atoms with Crippen LogP contribution in [-0.2, 0) is 35.8 Å². The smallest absolute Gasteiger partial charge is 0.269 e. The lowest BCUT2D eigenvalue weighted by atomic mass is 10.2. The van der Waals surface area contributed by atoms with E-state index in [1.54, 1.807) is 12.4 Å². The maximum atomic E-state index is 12.1. The van der Waals surface area contributed by atoms with Gasteiger partial charge in [0.25, 0.3) is 11.8 Å². The number of carbonyl (C=O) groups is 2. The molecule has 0 fully saturated rings. The van der Waals surface area contributed by atoms with Gasteiger partial charge in [-0.1, -0.05) is 51.0 Å². The summed E-state index contributed by atoms with van der Waals surface area (Å²) in [6.45, 7) is 6.62. The third-order valence-electron chi connectivity index (χ3n) is 5.43. The molecular weight excluding hydrogens is 456 g/mol. The Morgan fingerprint density at radius 2 is 1.19 bits per heavy atom. The third kappa shape index (κ3) is 9.28. The van der Waals surface area contributed by atoms with Crippen LogP contribution in [0.1, 0.15) is 50.7 Å². The van der Waals surface area contributed by atoms with E-state index in [9.17, 15) is 9.59 Å². The van der Waals surface area contributed by atoms with E-state index >= 15 is 0 Å². The standard InChI is InChI=1S/C26H34N8O2/c1-3-5-11-31-13-15-33(21-31)19-25(35)29-27-17-23-7-9-24(10-8-23)18-28-30-26(36)20-34-16-14-32(22-34)12-6-4-2/h7-10,13-18,21-22H,3-6,11-12,19-20H2,1-2H3/p+2. The first kappa shape index (κ1) is 26.5. The molecule has 10 heteroatoms. The van der Waals surface area contributed by atoms with E-state index in [0.29, 0.717) is 0 Å². The second-order valence-electron chi connectivity index (χ2n) is 8.61. The van der Waals surface area contributed by atoms with E-state index in [0.717, 1.165) is 49.9 Å². The predicted octanol–water partition coefficient (Wildman–Crippen LogP) is 1.77. The number of rotatable bonds is 14. The molecule has 3 aromatic rings. The molecule has 2 heterocycles. The van der Waals surface area contributed by atoms with Gasteiger partial charge in [0.2, 0.25) is 12.7 Å². The maximum absolute atomic E-state index is 12.1. The van der Waals surface area contributed by atoms with Crippen LogP contribution in [0.4, 0.5) is 0 Å². The number of unbranched alkanes of at least 4 members (excludes halogenated alkanes) is 2. The average Bonchev–Trinajstić information content (AvgIpc) is 3.51. The summed E-state index contributed by atoms with van der Waals surface area (Å²) in [5.74, 6) is -0.389. The Kier molecular flexibility index (Phi) is 10.6. The summed E-state index contributed by atoms with van der Waals surface area (Å²) < 4.78 is 7.80. The van der Waals surface area contributed by atoms with Crippen LogP contribution >= 0.6 is 0 Å². The van der Waals surface area contributed by atoms with E-state index in [1.807, 2.05) is 70.8 Å². The molecular formula is C26H36N8O2+2. The van der Waals surface area contributed by atoms with E-state index in [2.05, 4.69) is 44.0 Å². The minimum absolute atomic E-state index is 0.195. The van der Waals surface area contributed by atoms with Gasteiger partial charge in [0.1, 0.15) is 24.8 Å². The molecule has 0 unspecified atom stereocenters. The van der Waals surface area contributed by atoms with Crippen molar-refractivity contribution >= 4 is 24.2 Å². The molecule has 0 saturated carbocycles. The van der Waals surface area contributed by atoms with Crippen LogP contribution in [-0.4, -0.2) is 33.4 Å². The monoisotopic (exact) mass is 492 g/mol. The van der Waals surface area contributed by atoms with E-state index in [1.165, 1.54) is 0 Å². The minimum atomic E-state index is -0.195. The number of benzene rings is 1. The summed E-state index contributed by atoms with van der Waals surface area (Å²) in [6.07, 6.45) is 19.2. The highest BCUT2D eigenvalue weighted by Crippen LogP contribution is 2.00. The molecule has 190 valence electrons. The predicted molar refractivity (Wildman–Crippen MR) is 137 cm³/mol. The maximum Gasteiger partial charge on any atom is 0.282 e. The second-order valence-corrected chi connectivity index (χ2v) is 8.61. The van der Waals surface area contributed by atoms with E-state index in [-0.39, 0.29) is 24.9 Å². The zero-order valence-corrected chi connectivity index (χ0v) is 21.1. The number of hydrogen-bond acceptors (Lipinski definition) is 4. The molecule has 10 nitrogen and oxygen atoms in total. The SMILES string of the molecule is CCCCn1cc[n+](CC(=O)NN=Cc2ccc(C=NNC(=O)C[n+]3ccn(CCCC)c3)cc2)c1. The zero-order valence-electron chi connectivity index (χ0n) is 21.1. The average molecular weight is 493 g/mol. The van der Waals surface area contributed by atoms with E-state index < -0.39 is 0 Å². The molecule has 0 saturated heterocycles. The topological polar surface area (TPSA) is 101 Å². The number of nitrogens with zero attached hydrogens (tertiary/aromatic N) is 6. The van der Waals surface area contributed by atoms with Crippen LogP contribution in [0.3, 0.4) is 0 Å². The third-order valence-corrected chi connectivity index (χ3v) is 5.43. The largest absolute Gasteiger partial charge is 0.282 e. The molecule has 2 amide bonds. The molecule has 3 rings (SSSR count). The van der Waals surface area contributed by atoms with Crippen molar-refractivity contribution < 1.29 is 18.7 Å². The first-order chi connectivity index (χ1) is 17.6. The van der Waals surface area contributed by atoms with Crippen LogP contribution in [0.15, 0.2) is 71.9 Å². The van der Waals surface area contributed by atoms with Gasteiger partial charge in [0, 0.05) is 0 Å². The van der Waals surface area contributed by atoms with Gasteiger partial charge < -0.3 is 0 Å². The van der Waals surface area contributed by atoms with Crippen molar-refractivity contribution in [2.24, 2.45) is 10.2 Å². The first-order valence-corrected chi connectivity index (χ1v) is 12.4. The molecule has 1 aromatic carbocycles. The fourth-order valence-electron chi connectivity index (χ4n) is 3.44. The van der Waals surface area contributed by atoms with Crippen molar-refractivity contribution in [2.75, 3.05) is 0 Å². The van der Waals surface area contributed by atoms with Crippen molar-refractivity contribution in [1.82, 2.24) is 20.0 Å². The Morgan fingerprint density at radius 3 is 1.58 bits per heavy atom. The highest BCUT2D eigenvalue weighted by molar-refractivity contribution is 5.85. The summed E-state index contributed by atoms with van der Waals surface area (Å²) in [5, 5.41) is 8.06. The number of hydrazone groups is 2. The lowest BCUT2D eigenvalue weighted by Gasteiger charge is -1.99. The summed E-state index contributed by atoms with van der Waals surface area (Å²) in [7, 11) is 0. The summed E-state index contributed by atoms with van der Waals surface area (Å²) >= 11 is 0. The number of nitrogens with one attached hydrogen (secondary N) is 2. The first-order valence-electron chi connectivity index (χ1n) is 12.4. The molecule has 0 radical (unpaired) electrons. The number of aryl methyl sites for hydroxylation is 2. The second kappa shape index (κ2) is 14.3. The van der Waals surface area contributed by atoms with Gasteiger partial charge in [0.15, 0.2) is 13.1 Å². The van der Waals surface area contributed by atoms with Gasteiger partial charge in [-0.05, 0) is 24.0 Å². The Morgan fingerprint density at radius 1 is 0.778 bits per heavy atom. The van der Waals surface area contributed by atoms with Crippen LogP contribution < -0.4 is 20.0 Å². The van der Waals surface area contributed by atoms with Gasteiger partial charge in [-0.25, -0.2) is 29.1 Å². The normalized spacial score (nSPS) is 11.4. The number of carbonyl (C=O) groups excluding carboxylic acids is 2. The van der Waals surface area contributed by atoms with Crippen LogP contribution in [0.5, 0.6) is 0 Å². The lowest BCUT2D eigenvalue weighted by Crippen LogP contribution is -2.40. The van der Waals surface area contributed by atoms with Gasteiger partial charge >= 0.3 is 0 Å². The van der Waals surface area contributed by atoms with E-state index in [4.69, 9.17) is 0 Å². The van der Waals surface area contributed by atoms with Crippen molar-refractivity contribution in [3.63, 3.8) is 0 Å². The molecule has 0 aliphatic rings. The highest BCUT2D eigenvalue weighted by Gasteiger charge is 2.09. The van der Waals surface area contributed by atoms with Gasteiger partial charge in [0.05, 0.1) is 25.5 Å². The molecule has 2 N–H and O–H groups in total. The summed E-state index contributed by atoms with van der Waals surface area (Å²) in [5.41, 5.74) is 6.76.